The van der Waals surface area contributed by atoms with Crippen molar-refractivity contribution >= 4 is 40.7 Å². The average molecular weight is 484 g/mol. The molecule has 13 heteroatoms. The molecule has 0 aliphatic carbocycles. The second kappa shape index (κ2) is 10.2. The smallest absolute Gasteiger partial charge is 0.306 e. The number of hydrogen-bond donors (Lipinski definition) is 1. The molecule has 0 radical (unpaired) electrons. The zero-order valence-electron chi connectivity index (χ0n) is 18.2. The van der Waals surface area contributed by atoms with Gasteiger partial charge in [-0.05, 0) is 24.4 Å². The Kier molecular flexibility index (Phi) is 7.55. The molecule has 1 fully saturated rings. The van der Waals surface area contributed by atoms with E-state index in [0.717, 1.165) is 0 Å². The lowest BCUT2D eigenvalue weighted by atomic mass is 9.96. The Morgan fingerprint density at radius 3 is 2.67 bits per heavy atom. The fourth-order valence-electron chi connectivity index (χ4n) is 3.33. The molecule has 1 aliphatic rings. The van der Waals surface area contributed by atoms with Crippen LogP contribution in [0.4, 0.5) is 10.3 Å². The minimum atomic E-state index is -2.64. The Bertz CT molecular complexity index is 1100. The van der Waals surface area contributed by atoms with Crippen LogP contribution in [-0.4, -0.2) is 62.5 Å². The van der Waals surface area contributed by atoms with E-state index in [1.54, 1.807) is 20.8 Å². The first kappa shape index (κ1) is 24.5. The SMILES string of the molecule is CCOc1nc(N)nc2c1ncn2[C@@H]1O[C@H](COC(=O)CC)[C@@H](OC(=O)CC)[C@]1(F)C#CCl. The van der Waals surface area contributed by atoms with Crippen LogP contribution >= 0.6 is 11.6 Å². The molecule has 3 heterocycles. The number of ether oxygens (including phenoxy) is 4. The van der Waals surface area contributed by atoms with Gasteiger partial charge in [0.2, 0.25) is 11.8 Å². The van der Waals surface area contributed by atoms with Gasteiger partial charge in [-0.25, -0.2) is 9.37 Å². The zero-order chi connectivity index (χ0) is 24.2. The number of esters is 2. The lowest BCUT2D eigenvalue weighted by molar-refractivity contribution is -0.160. The first-order valence-electron chi connectivity index (χ1n) is 10.2. The number of anilines is 1. The van der Waals surface area contributed by atoms with Crippen LogP contribution in [0.1, 0.15) is 39.8 Å². The summed E-state index contributed by atoms with van der Waals surface area (Å²) in [6.07, 6.45) is -2.96. The second-order valence-corrected chi connectivity index (χ2v) is 7.15. The summed E-state index contributed by atoms with van der Waals surface area (Å²) in [7, 11) is 0. The van der Waals surface area contributed by atoms with Crippen molar-refractivity contribution in [3.05, 3.63) is 6.33 Å². The zero-order valence-corrected chi connectivity index (χ0v) is 19.0. The Labute approximate surface area is 193 Å². The maximum atomic E-state index is 16.5. The summed E-state index contributed by atoms with van der Waals surface area (Å²) in [5.74, 6) is 0.971. The van der Waals surface area contributed by atoms with Gasteiger partial charge >= 0.3 is 11.9 Å². The van der Waals surface area contributed by atoms with Crippen LogP contribution in [0, 0.1) is 11.3 Å². The molecule has 2 aromatic rings. The van der Waals surface area contributed by atoms with Crippen LogP contribution in [0.15, 0.2) is 6.33 Å². The number of carbonyl (C=O) groups excluding carboxylic acids is 2. The number of rotatable bonds is 8. The van der Waals surface area contributed by atoms with Gasteiger partial charge in [-0.2, -0.15) is 9.97 Å². The van der Waals surface area contributed by atoms with Crippen molar-refractivity contribution in [3.8, 4) is 17.2 Å². The topological polar surface area (TPSA) is 141 Å². The van der Waals surface area contributed by atoms with Gasteiger partial charge in [0.25, 0.3) is 5.67 Å². The van der Waals surface area contributed by atoms with Crippen molar-refractivity contribution < 1.29 is 32.9 Å². The predicted molar refractivity (Wildman–Crippen MR) is 114 cm³/mol. The third-order valence-corrected chi connectivity index (χ3v) is 4.93. The maximum absolute atomic E-state index is 16.5. The lowest BCUT2D eigenvalue weighted by Crippen LogP contribution is -2.45. The highest BCUT2D eigenvalue weighted by atomic mass is 35.5. The van der Waals surface area contributed by atoms with Crippen molar-refractivity contribution in [1.29, 1.82) is 0 Å². The molecule has 1 aliphatic heterocycles. The van der Waals surface area contributed by atoms with E-state index < -0.39 is 36.0 Å². The minimum Gasteiger partial charge on any atom is -0.476 e. The predicted octanol–water partition coefficient (Wildman–Crippen LogP) is 1.89. The molecular formula is C20H23ClFN5O6. The summed E-state index contributed by atoms with van der Waals surface area (Å²) in [6.45, 7) is 4.80. The van der Waals surface area contributed by atoms with Gasteiger partial charge in [-0.3, -0.25) is 14.2 Å². The number of alkyl halides is 1. The highest BCUT2D eigenvalue weighted by Gasteiger charge is 2.61. The first-order chi connectivity index (χ1) is 15.8. The molecule has 2 aromatic heterocycles. The number of aromatic nitrogens is 4. The normalized spacial score (nSPS) is 24.2. The van der Waals surface area contributed by atoms with E-state index in [-0.39, 0.29) is 49.0 Å². The van der Waals surface area contributed by atoms with Crippen LogP contribution in [0.5, 0.6) is 5.88 Å². The highest BCUT2D eigenvalue weighted by Crippen LogP contribution is 2.44. The van der Waals surface area contributed by atoms with Gasteiger partial charge in [0.1, 0.15) is 12.7 Å². The molecule has 0 saturated carbocycles. The molecule has 0 amide bonds. The first-order valence-corrected chi connectivity index (χ1v) is 10.6. The molecule has 0 bridgehead atoms. The molecule has 178 valence electrons. The standard InChI is InChI=1S/C20H23ClFN5O6/c1-4-12(28)31-9-11-15(33-13(29)5-2)20(22,7-8-21)18(32-11)27-10-24-14-16(27)25-19(23)26-17(14)30-6-3/h10-11,15,18H,4-6,9H2,1-3H3,(H2,23,25,26)/t11-,15-,18-,20-/m1/s1. The van der Waals surface area contributed by atoms with E-state index in [9.17, 15) is 9.59 Å². The van der Waals surface area contributed by atoms with E-state index in [2.05, 4.69) is 20.9 Å². The molecule has 4 atom stereocenters. The summed E-state index contributed by atoms with van der Waals surface area (Å²) in [4.78, 5) is 36.1. The van der Waals surface area contributed by atoms with Crippen LogP contribution in [0.3, 0.4) is 0 Å². The van der Waals surface area contributed by atoms with Crippen LogP contribution in [0.25, 0.3) is 11.2 Å². The van der Waals surface area contributed by atoms with Gasteiger partial charge in [-0.1, -0.05) is 13.8 Å². The number of fused-ring (bicyclic) bond motifs is 1. The number of nitrogens with two attached hydrogens (primary N) is 1. The van der Waals surface area contributed by atoms with Crippen LogP contribution < -0.4 is 10.5 Å². The largest absolute Gasteiger partial charge is 0.476 e. The number of carbonyl (C=O) groups is 2. The Morgan fingerprint density at radius 1 is 1.30 bits per heavy atom. The van der Waals surface area contributed by atoms with Crippen molar-refractivity contribution in [2.45, 2.75) is 57.7 Å². The fourth-order valence-corrected chi connectivity index (χ4v) is 3.47. The molecule has 11 nitrogen and oxygen atoms in total. The van der Waals surface area contributed by atoms with E-state index in [1.807, 2.05) is 5.38 Å². The Balaban J connectivity index is 2.10. The lowest BCUT2D eigenvalue weighted by Gasteiger charge is -2.26. The van der Waals surface area contributed by atoms with Crippen LogP contribution in [0.2, 0.25) is 0 Å². The summed E-state index contributed by atoms with van der Waals surface area (Å²) >= 11 is 5.57. The number of hydrogen-bond acceptors (Lipinski definition) is 10. The van der Waals surface area contributed by atoms with E-state index >= 15 is 4.39 Å². The summed E-state index contributed by atoms with van der Waals surface area (Å²) in [5.41, 5.74) is 3.45. The van der Waals surface area contributed by atoms with E-state index in [0.29, 0.717) is 0 Å². The Hall–Kier alpha value is -3.17. The van der Waals surface area contributed by atoms with Crippen molar-refractivity contribution in [2.24, 2.45) is 0 Å². The second-order valence-electron chi connectivity index (χ2n) is 6.96. The molecule has 1 saturated heterocycles. The molecule has 0 spiro atoms. The minimum absolute atomic E-state index is 0.0253. The van der Waals surface area contributed by atoms with Crippen molar-refractivity contribution in [3.63, 3.8) is 0 Å². The third-order valence-electron chi connectivity index (χ3n) is 4.84. The average Bonchev–Trinajstić information content (AvgIpc) is 3.31. The van der Waals surface area contributed by atoms with Crippen molar-refractivity contribution in [1.82, 2.24) is 19.5 Å². The summed E-state index contributed by atoms with van der Waals surface area (Å²) < 4.78 is 39.5. The summed E-state index contributed by atoms with van der Waals surface area (Å²) in [6, 6.07) is 0. The number of imidazole rings is 1. The Morgan fingerprint density at radius 2 is 2.03 bits per heavy atom. The molecule has 3 rings (SSSR count). The van der Waals surface area contributed by atoms with Gasteiger partial charge in [0.05, 0.1) is 12.9 Å². The van der Waals surface area contributed by atoms with Gasteiger partial charge in [0.15, 0.2) is 23.5 Å². The molecule has 33 heavy (non-hydrogen) atoms. The third kappa shape index (κ3) is 4.79. The van der Waals surface area contributed by atoms with E-state index in [4.69, 9.17) is 36.3 Å². The fraction of sp³-hybridized carbons (Fsp3) is 0.550. The quantitative estimate of drug-likeness (QED) is 0.437. The molecule has 0 aromatic carbocycles. The molecule has 0 unspecified atom stereocenters. The van der Waals surface area contributed by atoms with E-state index in [1.165, 1.54) is 10.9 Å². The summed E-state index contributed by atoms with van der Waals surface area (Å²) in [5, 5.41) is 2.00. The van der Waals surface area contributed by atoms with Gasteiger partial charge < -0.3 is 24.7 Å². The number of halogens is 2. The van der Waals surface area contributed by atoms with Crippen molar-refractivity contribution in [2.75, 3.05) is 18.9 Å². The number of nitrogens with zero attached hydrogens (tertiary/aromatic N) is 4. The number of nitrogen functional groups attached to an aromatic ring is 1. The maximum Gasteiger partial charge on any atom is 0.306 e. The molecular weight excluding hydrogens is 461 g/mol. The molecule has 2 N–H and O–H groups in total. The monoisotopic (exact) mass is 483 g/mol. The van der Waals surface area contributed by atoms with Gasteiger partial charge in [0, 0.05) is 18.2 Å². The van der Waals surface area contributed by atoms with Crippen LogP contribution in [-0.2, 0) is 23.8 Å². The van der Waals surface area contributed by atoms with Gasteiger partial charge in [-0.15, -0.1) is 0 Å². The highest BCUT2D eigenvalue weighted by molar-refractivity contribution is 6.30.